The van der Waals surface area contributed by atoms with E-state index in [1.54, 1.807) is 12.0 Å². The van der Waals surface area contributed by atoms with Gasteiger partial charge in [-0.2, -0.15) is 0 Å². The van der Waals surface area contributed by atoms with Crippen LogP contribution in [-0.2, 0) is 38.6 Å². The molecule has 0 spiro atoms. The van der Waals surface area contributed by atoms with Gasteiger partial charge in [0.2, 0.25) is 11.8 Å². The molecule has 2 fully saturated rings. The number of anilines is 1. The zero-order chi connectivity index (χ0) is 30.7. The summed E-state index contributed by atoms with van der Waals surface area (Å²) in [6.45, 7) is 3.40. The summed E-state index contributed by atoms with van der Waals surface area (Å²) in [4.78, 5) is 30.8. The molecule has 1 atom stereocenters. The van der Waals surface area contributed by atoms with Crippen LogP contribution < -0.4 is 15.0 Å². The molecule has 1 saturated heterocycles. The van der Waals surface area contributed by atoms with Crippen LogP contribution in [0.5, 0.6) is 5.75 Å². The minimum atomic E-state index is -0.644. The molecule has 1 heterocycles. The lowest BCUT2D eigenvalue weighted by atomic mass is 10.0. The molecular weight excluding hydrogens is 578 g/mol. The van der Waals surface area contributed by atoms with Crippen LogP contribution in [0.1, 0.15) is 42.4 Å². The van der Waals surface area contributed by atoms with Crippen LogP contribution in [0.3, 0.4) is 0 Å². The van der Waals surface area contributed by atoms with E-state index < -0.39 is 6.04 Å². The Hall–Kier alpha value is -3.43. The van der Waals surface area contributed by atoms with Crippen LogP contribution in [0.15, 0.2) is 72.8 Å². The van der Waals surface area contributed by atoms with E-state index in [-0.39, 0.29) is 24.4 Å². The fourth-order valence-electron chi connectivity index (χ4n) is 5.48. The lowest BCUT2D eigenvalue weighted by molar-refractivity contribution is -0.136. The number of hydrogen-bond acceptors (Lipinski definition) is 6. The van der Waals surface area contributed by atoms with Crippen molar-refractivity contribution in [1.29, 1.82) is 0 Å². The Morgan fingerprint density at radius 3 is 2.52 bits per heavy atom. The lowest BCUT2D eigenvalue weighted by Crippen LogP contribution is -2.61. The van der Waals surface area contributed by atoms with Crippen molar-refractivity contribution in [3.05, 3.63) is 94.5 Å². The molecule has 234 valence electrons. The molecule has 0 radical (unpaired) electrons. The van der Waals surface area contributed by atoms with Gasteiger partial charge < -0.3 is 24.4 Å². The Morgan fingerprint density at radius 2 is 1.77 bits per heavy atom. The van der Waals surface area contributed by atoms with E-state index in [4.69, 9.17) is 25.8 Å². The number of hydrogen-bond donors (Lipinski definition) is 1. The molecule has 9 heteroatoms. The predicted molar refractivity (Wildman–Crippen MR) is 172 cm³/mol. The SMILES string of the molecule is COCCCc1ccc(Cl)c(CN(C(=O)[C@H]2CNCC(=O)N2c2ccc(OCCCOCc3ccccc3)cc2)C2CC2)c1. The van der Waals surface area contributed by atoms with Crippen molar-refractivity contribution in [2.75, 3.05) is 44.9 Å². The molecular formula is C35H42ClN3O5. The summed E-state index contributed by atoms with van der Waals surface area (Å²) < 4.78 is 16.8. The third-order valence-corrected chi connectivity index (χ3v) is 8.31. The van der Waals surface area contributed by atoms with Crippen LogP contribution in [0.25, 0.3) is 0 Å². The Balaban J connectivity index is 1.19. The number of nitrogens with one attached hydrogen (secondary N) is 1. The fourth-order valence-corrected chi connectivity index (χ4v) is 5.66. The zero-order valence-corrected chi connectivity index (χ0v) is 26.1. The second kappa shape index (κ2) is 16.0. The highest BCUT2D eigenvalue weighted by molar-refractivity contribution is 6.31. The second-order valence-corrected chi connectivity index (χ2v) is 11.8. The van der Waals surface area contributed by atoms with Gasteiger partial charge in [0.25, 0.3) is 0 Å². The molecule has 1 saturated carbocycles. The summed E-state index contributed by atoms with van der Waals surface area (Å²) >= 11 is 6.61. The quantitative estimate of drug-likeness (QED) is 0.216. The molecule has 3 aromatic carbocycles. The molecule has 2 aliphatic rings. The number of carbonyl (C=O) groups excluding carboxylic acids is 2. The number of aryl methyl sites for hydroxylation is 1. The number of rotatable bonds is 16. The van der Waals surface area contributed by atoms with Gasteiger partial charge in [0.05, 0.1) is 26.4 Å². The number of amides is 2. The van der Waals surface area contributed by atoms with Gasteiger partial charge in [-0.1, -0.05) is 54.1 Å². The molecule has 3 aromatic rings. The maximum Gasteiger partial charge on any atom is 0.247 e. The molecule has 0 unspecified atom stereocenters. The van der Waals surface area contributed by atoms with Crippen molar-refractivity contribution in [2.45, 2.75) is 57.3 Å². The summed E-state index contributed by atoms with van der Waals surface area (Å²) in [6, 6.07) is 23.0. The topological polar surface area (TPSA) is 80.3 Å². The molecule has 1 aliphatic carbocycles. The van der Waals surface area contributed by atoms with Gasteiger partial charge in [-0.3, -0.25) is 14.5 Å². The van der Waals surface area contributed by atoms with Crippen LogP contribution in [-0.4, -0.2) is 68.8 Å². The minimum Gasteiger partial charge on any atom is -0.494 e. The highest BCUT2D eigenvalue weighted by Gasteiger charge is 2.41. The summed E-state index contributed by atoms with van der Waals surface area (Å²) in [5, 5.41) is 3.79. The van der Waals surface area contributed by atoms with Gasteiger partial charge in [-0.25, -0.2) is 0 Å². The summed E-state index contributed by atoms with van der Waals surface area (Å²) in [7, 11) is 1.70. The zero-order valence-electron chi connectivity index (χ0n) is 25.4. The van der Waals surface area contributed by atoms with Gasteiger partial charge in [0.15, 0.2) is 0 Å². The molecule has 44 heavy (non-hydrogen) atoms. The molecule has 1 aliphatic heterocycles. The fraction of sp³-hybridized carbons (Fsp3) is 0.429. The standard InChI is InChI=1S/C35H42ClN3O5/c1-42-18-5-9-26-10-17-32(36)28(21-26)24-38(29-11-12-29)35(41)33-22-37-23-34(40)39(33)30-13-15-31(16-14-30)44-20-6-19-43-25-27-7-3-2-4-8-27/h2-4,7-8,10,13-17,21,29,33,37H,5-6,9,11-12,18-20,22-25H2,1H3/t33-/m1/s1. The summed E-state index contributed by atoms with van der Waals surface area (Å²) in [5.74, 6) is 0.513. The molecule has 5 rings (SSSR count). The first-order chi connectivity index (χ1) is 21.5. The number of piperazine rings is 1. The second-order valence-electron chi connectivity index (χ2n) is 11.4. The van der Waals surface area contributed by atoms with Crippen molar-refractivity contribution < 1.29 is 23.8 Å². The van der Waals surface area contributed by atoms with Crippen LogP contribution in [0, 0.1) is 0 Å². The van der Waals surface area contributed by atoms with Crippen LogP contribution in [0.2, 0.25) is 5.02 Å². The minimum absolute atomic E-state index is 0.0651. The number of carbonyl (C=O) groups is 2. The van der Waals surface area contributed by atoms with E-state index in [9.17, 15) is 9.59 Å². The molecule has 0 bridgehead atoms. The summed E-state index contributed by atoms with van der Waals surface area (Å²) in [5.41, 5.74) is 3.93. The average molecular weight is 620 g/mol. The maximum absolute atomic E-state index is 14.1. The van der Waals surface area contributed by atoms with Gasteiger partial charge in [-0.15, -0.1) is 0 Å². The largest absolute Gasteiger partial charge is 0.494 e. The van der Waals surface area contributed by atoms with Gasteiger partial charge >= 0.3 is 0 Å². The Labute approximate surface area is 265 Å². The van der Waals surface area contributed by atoms with E-state index in [0.29, 0.717) is 56.0 Å². The Kier molecular flexibility index (Phi) is 11.7. The van der Waals surface area contributed by atoms with E-state index in [0.717, 1.165) is 43.2 Å². The number of nitrogens with zero attached hydrogens (tertiary/aromatic N) is 2. The highest BCUT2D eigenvalue weighted by Crippen LogP contribution is 2.33. The highest BCUT2D eigenvalue weighted by atomic mass is 35.5. The van der Waals surface area contributed by atoms with E-state index in [1.165, 1.54) is 5.56 Å². The van der Waals surface area contributed by atoms with Gasteiger partial charge in [-0.05, 0) is 72.7 Å². The van der Waals surface area contributed by atoms with Crippen molar-refractivity contribution in [2.24, 2.45) is 0 Å². The normalized spacial score (nSPS) is 16.6. The van der Waals surface area contributed by atoms with Crippen molar-refractivity contribution in [3.8, 4) is 5.75 Å². The van der Waals surface area contributed by atoms with Crippen LogP contribution >= 0.6 is 11.6 Å². The molecule has 1 N–H and O–H groups in total. The number of methoxy groups -OCH3 is 1. The lowest BCUT2D eigenvalue weighted by Gasteiger charge is -2.38. The van der Waals surface area contributed by atoms with Gasteiger partial charge in [0, 0.05) is 50.0 Å². The third kappa shape index (κ3) is 8.82. The number of ether oxygens (including phenoxy) is 3. The van der Waals surface area contributed by atoms with E-state index in [2.05, 4.69) is 11.4 Å². The molecule has 0 aromatic heterocycles. The first kappa shape index (κ1) is 32.0. The predicted octanol–water partition coefficient (Wildman–Crippen LogP) is 5.40. The maximum atomic E-state index is 14.1. The summed E-state index contributed by atoms with van der Waals surface area (Å²) in [6.07, 6.45) is 4.47. The van der Waals surface area contributed by atoms with Crippen molar-refractivity contribution in [1.82, 2.24) is 10.2 Å². The average Bonchev–Trinajstić information content (AvgIpc) is 3.89. The smallest absolute Gasteiger partial charge is 0.247 e. The molecule has 8 nitrogen and oxygen atoms in total. The Bertz CT molecular complexity index is 1370. The first-order valence-electron chi connectivity index (χ1n) is 15.5. The number of halogens is 1. The van der Waals surface area contributed by atoms with E-state index in [1.807, 2.05) is 71.6 Å². The Morgan fingerprint density at radius 1 is 0.977 bits per heavy atom. The van der Waals surface area contributed by atoms with Crippen LogP contribution in [0.4, 0.5) is 5.69 Å². The van der Waals surface area contributed by atoms with Gasteiger partial charge in [0.1, 0.15) is 11.8 Å². The third-order valence-electron chi connectivity index (χ3n) is 7.94. The first-order valence-corrected chi connectivity index (χ1v) is 15.9. The van der Waals surface area contributed by atoms with E-state index >= 15 is 0 Å². The van der Waals surface area contributed by atoms with Crippen molar-refractivity contribution in [3.63, 3.8) is 0 Å². The monoisotopic (exact) mass is 619 g/mol. The molecule has 2 amide bonds. The number of benzene rings is 3. The van der Waals surface area contributed by atoms with Crippen molar-refractivity contribution >= 4 is 29.1 Å².